The Balaban J connectivity index is 2.80. The van der Waals surface area contributed by atoms with Gasteiger partial charge in [0.15, 0.2) is 0 Å². The van der Waals surface area contributed by atoms with Crippen LogP contribution in [-0.4, -0.2) is 13.1 Å². The number of rotatable bonds is 2. The highest BCUT2D eigenvalue weighted by Crippen LogP contribution is 2.19. The number of hydrogen-bond acceptors (Lipinski definition) is 3. The molecule has 0 aromatic carbocycles. The number of thiophene rings is 1. The van der Waals surface area contributed by atoms with Crippen LogP contribution < -0.4 is 0 Å². The standard InChI is InChI=1S/C7H9O2PS/c1-9-7(8)6-3-2-5(4-10)11-6/h2-3H,4,10H2,1H3. The van der Waals surface area contributed by atoms with E-state index in [4.69, 9.17) is 0 Å². The molecule has 1 unspecified atom stereocenters. The van der Waals surface area contributed by atoms with Crippen LogP contribution in [0.5, 0.6) is 0 Å². The van der Waals surface area contributed by atoms with Crippen LogP contribution in [-0.2, 0) is 10.9 Å². The van der Waals surface area contributed by atoms with Crippen molar-refractivity contribution in [3.8, 4) is 0 Å². The van der Waals surface area contributed by atoms with Gasteiger partial charge in [0, 0.05) is 4.88 Å². The first-order valence-electron chi connectivity index (χ1n) is 3.15. The number of ether oxygens (including phenoxy) is 1. The van der Waals surface area contributed by atoms with E-state index in [9.17, 15) is 4.79 Å². The highest BCUT2D eigenvalue weighted by Gasteiger charge is 2.07. The number of hydrogen-bond donors (Lipinski definition) is 0. The van der Waals surface area contributed by atoms with E-state index in [0.717, 1.165) is 6.16 Å². The van der Waals surface area contributed by atoms with Gasteiger partial charge in [0.1, 0.15) is 4.88 Å². The van der Waals surface area contributed by atoms with E-state index in [1.807, 2.05) is 6.07 Å². The van der Waals surface area contributed by atoms with Gasteiger partial charge in [-0.3, -0.25) is 0 Å². The molecular weight excluding hydrogens is 179 g/mol. The van der Waals surface area contributed by atoms with Gasteiger partial charge in [-0.2, -0.15) is 0 Å². The second-order valence-electron chi connectivity index (χ2n) is 1.96. The monoisotopic (exact) mass is 188 g/mol. The summed E-state index contributed by atoms with van der Waals surface area (Å²) in [5, 5.41) is 0. The summed E-state index contributed by atoms with van der Waals surface area (Å²) in [7, 11) is 4.00. The predicted octanol–water partition coefficient (Wildman–Crippen LogP) is 1.91. The fourth-order valence-corrected chi connectivity index (χ4v) is 1.89. The van der Waals surface area contributed by atoms with Crippen LogP contribution in [0.25, 0.3) is 0 Å². The minimum Gasteiger partial charge on any atom is -0.465 e. The maximum Gasteiger partial charge on any atom is 0.348 e. The molecule has 0 bridgehead atoms. The molecule has 11 heavy (non-hydrogen) atoms. The van der Waals surface area contributed by atoms with Crippen LogP contribution in [0.4, 0.5) is 0 Å². The fourth-order valence-electron chi connectivity index (χ4n) is 0.698. The number of carbonyl (C=O) groups is 1. The third-order valence-corrected chi connectivity index (χ3v) is 3.07. The molecule has 0 fully saturated rings. The third-order valence-electron chi connectivity index (χ3n) is 1.25. The number of esters is 1. The lowest BCUT2D eigenvalue weighted by molar-refractivity contribution is 0.0606. The van der Waals surface area contributed by atoms with Crippen molar-refractivity contribution in [2.24, 2.45) is 0 Å². The first kappa shape index (κ1) is 8.69. The van der Waals surface area contributed by atoms with Gasteiger partial charge in [0.05, 0.1) is 7.11 Å². The molecule has 0 spiro atoms. The Morgan fingerprint density at radius 3 is 2.91 bits per heavy atom. The summed E-state index contributed by atoms with van der Waals surface area (Å²) < 4.78 is 4.56. The first-order valence-corrected chi connectivity index (χ1v) is 4.78. The topological polar surface area (TPSA) is 26.3 Å². The maximum atomic E-state index is 10.9. The smallest absolute Gasteiger partial charge is 0.348 e. The van der Waals surface area contributed by atoms with Crippen molar-refractivity contribution in [1.29, 1.82) is 0 Å². The summed E-state index contributed by atoms with van der Waals surface area (Å²) in [6.45, 7) is 0. The lowest BCUT2D eigenvalue weighted by Crippen LogP contribution is -1.96. The second-order valence-corrected chi connectivity index (χ2v) is 3.54. The van der Waals surface area contributed by atoms with E-state index in [0.29, 0.717) is 4.88 Å². The molecule has 4 heteroatoms. The van der Waals surface area contributed by atoms with Crippen molar-refractivity contribution < 1.29 is 9.53 Å². The van der Waals surface area contributed by atoms with Crippen molar-refractivity contribution >= 4 is 26.5 Å². The van der Waals surface area contributed by atoms with Crippen molar-refractivity contribution in [3.63, 3.8) is 0 Å². The van der Waals surface area contributed by atoms with E-state index in [2.05, 4.69) is 14.0 Å². The third kappa shape index (κ3) is 2.01. The van der Waals surface area contributed by atoms with Crippen LogP contribution in [0.1, 0.15) is 14.5 Å². The fraction of sp³-hybridized carbons (Fsp3) is 0.286. The van der Waals surface area contributed by atoms with Crippen molar-refractivity contribution in [2.75, 3.05) is 7.11 Å². The lowest BCUT2D eigenvalue weighted by Gasteiger charge is -1.91. The van der Waals surface area contributed by atoms with Crippen LogP contribution in [0, 0.1) is 0 Å². The zero-order valence-electron chi connectivity index (χ0n) is 6.16. The summed E-state index contributed by atoms with van der Waals surface area (Å²) >= 11 is 1.47. The van der Waals surface area contributed by atoms with Gasteiger partial charge in [-0.25, -0.2) is 4.79 Å². The highest BCUT2D eigenvalue weighted by molar-refractivity contribution is 7.19. The van der Waals surface area contributed by atoms with Gasteiger partial charge in [0.2, 0.25) is 0 Å². The van der Waals surface area contributed by atoms with Gasteiger partial charge < -0.3 is 4.74 Å². The molecule has 0 saturated heterocycles. The molecule has 0 aliphatic rings. The first-order chi connectivity index (χ1) is 5.27. The van der Waals surface area contributed by atoms with E-state index < -0.39 is 0 Å². The summed E-state index contributed by atoms with van der Waals surface area (Å²) in [4.78, 5) is 12.8. The van der Waals surface area contributed by atoms with Crippen molar-refractivity contribution in [2.45, 2.75) is 6.16 Å². The molecule has 1 heterocycles. The average Bonchev–Trinajstić information content (AvgIpc) is 2.50. The Morgan fingerprint density at radius 2 is 2.45 bits per heavy atom. The minimum atomic E-state index is -0.250. The van der Waals surface area contributed by atoms with Gasteiger partial charge in [-0.15, -0.1) is 20.6 Å². The molecule has 60 valence electrons. The Morgan fingerprint density at radius 1 is 1.73 bits per heavy atom. The lowest BCUT2D eigenvalue weighted by atomic mass is 10.4. The van der Waals surface area contributed by atoms with Crippen molar-refractivity contribution in [1.82, 2.24) is 0 Å². The van der Waals surface area contributed by atoms with E-state index in [-0.39, 0.29) is 5.97 Å². The number of carbonyl (C=O) groups excluding carboxylic acids is 1. The molecular formula is C7H9O2PS. The molecule has 1 rings (SSSR count). The highest BCUT2D eigenvalue weighted by atomic mass is 32.1. The Bertz CT molecular complexity index is 257. The summed E-state index contributed by atoms with van der Waals surface area (Å²) in [6.07, 6.45) is 0.891. The Kier molecular flexibility index (Phi) is 3.03. The van der Waals surface area contributed by atoms with E-state index >= 15 is 0 Å². The average molecular weight is 188 g/mol. The molecule has 0 amide bonds. The van der Waals surface area contributed by atoms with Crippen LogP contribution in [0.15, 0.2) is 12.1 Å². The second kappa shape index (κ2) is 3.84. The van der Waals surface area contributed by atoms with Gasteiger partial charge in [-0.1, -0.05) is 0 Å². The summed E-state index contributed by atoms with van der Waals surface area (Å²) in [6, 6.07) is 3.72. The Hall–Kier alpha value is -0.400. The molecule has 0 aliphatic heterocycles. The van der Waals surface area contributed by atoms with Crippen LogP contribution >= 0.6 is 20.6 Å². The molecule has 0 radical (unpaired) electrons. The SMILES string of the molecule is COC(=O)c1ccc(CP)s1. The molecule has 0 saturated carbocycles. The molecule has 2 nitrogen and oxygen atoms in total. The maximum absolute atomic E-state index is 10.9. The zero-order valence-corrected chi connectivity index (χ0v) is 8.14. The Labute approximate surface area is 71.8 Å². The minimum absolute atomic E-state index is 0.250. The molecule has 1 aromatic heterocycles. The molecule has 0 N–H and O–H groups in total. The largest absolute Gasteiger partial charge is 0.465 e. The van der Waals surface area contributed by atoms with Gasteiger partial charge in [-0.05, 0) is 18.3 Å². The summed E-state index contributed by atoms with van der Waals surface area (Å²) in [5.74, 6) is -0.250. The summed E-state index contributed by atoms with van der Waals surface area (Å²) in [5.41, 5.74) is 0. The van der Waals surface area contributed by atoms with Crippen LogP contribution in [0.3, 0.4) is 0 Å². The van der Waals surface area contributed by atoms with E-state index in [1.54, 1.807) is 6.07 Å². The molecule has 0 aliphatic carbocycles. The molecule has 1 atom stereocenters. The van der Waals surface area contributed by atoms with Crippen LogP contribution in [0.2, 0.25) is 0 Å². The quantitative estimate of drug-likeness (QED) is 0.523. The van der Waals surface area contributed by atoms with E-state index in [1.165, 1.54) is 23.3 Å². The van der Waals surface area contributed by atoms with Crippen molar-refractivity contribution in [3.05, 3.63) is 21.9 Å². The molecule has 1 aromatic rings. The predicted molar refractivity (Wildman–Crippen MR) is 49.1 cm³/mol. The zero-order chi connectivity index (χ0) is 8.27. The van der Waals surface area contributed by atoms with Gasteiger partial charge >= 0.3 is 5.97 Å². The number of methoxy groups -OCH3 is 1. The van der Waals surface area contributed by atoms with Gasteiger partial charge in [0.25, 0.3) is 0 Å². The normalized spacial score (nSPS) is 9.64.